The molecule has 0 bridgehead atoms. The first-order valence-corrected chi connectivity index (χ1v) is 2.67. The van der Waals surface area contributed by atoms with E-state index in [0.717, 1.165) is 0 Å². The van der Waals surface area contributed by atoms with Gasteiger partial charge in [0, 0.05) is 6.54 Å². The molecule has 1 rings (SSSR count). The van der Waals surface area contributed by atoms with E-state index < -0.39 is 12.1 Å². The summed E-state index contributed by atoms with van der Waals surface area (Å²) in [4.78, 5) is 13.7. The van der Waals surface area contributed by atoms with Crippen molar-refractivity contribution in [3.63, 3.8) is 0 Å². The molecular formula is C5H7NO3. The Balaban J connectivity index is 2.68. The highest BCUT2D eigenvalue weighted by Gasteiger charge is 2.23. The zero-order valence-corrected chi connectivity index (χ0v) is 4.74. The zero-order valence-electron chi connectivity index (χ0n) is 4.74. The molecule has 4 nitrogen and oxygen atoms in total. The Hall–Kier alpha value is -0.900. The van der Waals surface area contributed by atoms with Crippen LogP contribution >= 0.6 is 0 Å². The maximum Gasteiger partial charge on any atom is 0.352 e. The van der Waals surface area contributed by atoms with Crippen LogP contribution in [0.3, 0.4) is 0 Å². The zero-order chi connectivity index (χ0) is 6.85. The standard InChI is InChI=1S/C5H7NO3/c7-3-1-2-6-4(3)5(8)9/h3,7H,1-2H2,(H,8,9)/t3-/m1/s1. The minimum atomic E-state index is -1.11. The Morgan fingerprint density at radius 3 is 2.67 bits per heavy atom. The van der Waals surface area contributed by atoms with E-state index in [4.69, 9.17) is 10.2 Å². The molecule has 4 heteroatoms. The lowest BCUT2D eigenvalue weighted by molar-refractivity contribution is -0.129. The van der Waals surface area contributed by atoms with Gasteiger partial charge in [-0.15, -0.1) is 0 Å². The number of aliphatic hydroxyl groups excluding tert-OH is 1. The van der Waals surface area contributed by atoms with Gasteiger partial charge in [0.15, 0.2) is 0 Å². The van der Waals surface area contributed by atoms with Crippen molar-refractivity contribution < 1.29 is 15.0 Å². The molecule has 0 aromatic rings. The number of nitrogens with zero attached hydrogens (tertiary/aromatic N) is 1. The van der Waals surface area contributed by atoms with Crippen LogP contribution in [0.5, 0.6) is 0 Å². The summed E-state index contributed by atoms with van der Waals surface area (Å²) in [5.41, 5.74) is -0.102. The van der Waals surface area contributed by atoms with E-state index in [0.29, 0.717) is 13.0 Å². The Morgan fingerprint density at radius 2 is 2.44 bits per heavy atom. The number of hydrogen-bond donors (Lipinski definition) is 2. The van der Waals surface area contributed by atoms with E-state index in [-0.39, 0.29) is 5.71 Å². The van der Waals surface area contributed by atoms with Crippen molar-refractivity contribution in [2.75, 3.05) is 6.54 Å². The Kier molecular flexibility index (Phi) is 1.48. The molecule has 0 saturated heterocycles. The second-order valence-corrected chi connectivity index (χ2v) is 1.88. The van der Waals surface area contributed by atoms with E-state index in [2.05, 4.69) is 4.99 Å². The van der Waals surface area contributed by atoms with Gasteiger partial charge in [-0.1, -0.05) is 0 Å². The Bertz CT molecular complexity index is 164. The minimum absolute atomic E-state index is 0.102. The van der Waals surface area contributed by atoms with Gasteiger partial charge in [-0.2, -0.15) is 0 Å². The van der Waals surface area contributed by atoms with Crippen molar-refractivity contribution in [1.29, 1.82) is 0 Å². The van der Waals surface area contributed by atoms with Gasteiger partial charge >= 0.3 is 5.97 Å². The van der Waals surface area contributed by atoms with E-state index in [1.54, 1.807) is 0 Å². The summed E-state index contributed by atoms with van der Waals surface area (Å²) < 4.78 is 0. The van der Waals surface area contributed by atoms with E-state index in [1.807, 2.05) is 0 Å². The summed E-state index contributed by atoms with van der Waals surface area (Å²) in [6.45, 7) is 0.433. The van der Waals surface area contributed by atoms with Crippen LogP contribution in [-0.2, 0) is 4.79 Å². The van der Waals surface area contributed by atoms with Gasteiger partial charge < -0.3 is 10.2 Å². The number of aliphatic hydroxyl groups is 1. The van der Waals surface area contributed by atoms with Crippen molar-refractivity contribution in [2.45, 2.75) is 12.5 Å². The molecular weight excluding hydrogens is 122 g/mol. The minimum Gasteiger partial charge on any atom is -0.477 e. The summed E-state index contributed by atoms with van der Waals surface area (Å²) in [6.07, 6.45) is -0.399. The molecule has 2 N–H and O–H groups in total. The molecule has 50 valence electrons. The predicted octanol–water partition coefficient (Wildman–Crippen LogP) is -0.723. The second-order valence-electron chi connectivity index (χ2n) is 1.88. The summed E-state index contributed by atoms with van der Waals surface area (Å²) in [5.74, 6) is -1.11. The summed E-state index contributed by atoms with van der Waals surface area (Å²) in [6, 6.07) is 0. The molecule has 9 heavy (non-hydrogen) atoms. The molecule has 1 aliphatic rings. The normalized spacial score (nSPS) is 25.9. The highest BCUT2D eigenvalue weighted by Crippen LogP contribution is 2.04. The Morgan fingerprint density at radius 1 is 1.78 bits per heavy atom. The van der Waals surface area contributed by atoms with Crippen molar-refractivity contribution >= 4 is 11.7 Å². The number of carbonyl (C=O) groups is 1. The maximum absolute atomic E-state index is 10.1. The number of aliphatic carboxylic acids is 1. The molecule has 0 aromatic carbocycles. The molecule has 0 amide bonds. The van der Waals surface area contributed by atoms with Crippen LogP contribution in [0.4, 0.5) is 0 Å². The number of carboxylic acids is 1. The number of carboxylic acid groups (broad SMARTS) is 1. The van der Waals surface area contributed by atoms with Gasteiger partial charge in [0.05, 0.1) is 0 Å². The number of aliphatic imine (C=N–C) groups is 1. The fourth-order valence-electron chi connectivity index (χ4n) is 0.760. The van der Waals surface area contributed by atoms with Crippen molar-refractivity contribution in [3.8, 4) is 0 Å². The maximum atomic E-state index is 10.1. The molecule has 1 heterocycles. The smallest absolute Gasteiger partial charge is 0.352 e. The van der Waals surface area contributed by atoms with Crippen LogP contribution < -0.4 is 0 Å². The van der Waals surface area contributed by atoms with E-state index in [1.165, 1.54) is 0 Å². The van der Waals surface area contributed by atoms with Crippen molar-refractivity contribution in [2.24, 2.45) is 4.99 Å². The quantitative estimate of drug-likeness (QED) is 0.490. The van der Waals surface area contributed by atoms with E-state index >= 15 is 0 Å². The van der Waals surface area contributed by atoms with Gasteiger partial charge in [0.25, 0.3) is 0 Å². The van der Waals surface area contributed by atoms with Crippen LogP contribution in [-0.4, -0.2) is 34.5 Å². The summed E-state index contributed by atoms with van der Waals surface area (Å²) >= 11 is 0. The average Bonchev–Trinajstić information content (AvgIpc) is 2.13. The molecule has 1 aliphatic heterocycles. The monoisotopic (exact) mass is 129 g/mol. The van der Waals surface area contributed by atoms with Gasteiger partial charge in [0.1, 0.15) is 11.8 Å². The molecule has 0 fully saturated rings. The first-order chi connectivity index (χ1) is 4.22. The first-order valence-electron chi connectivity index (χ1n) is 2.67. The van der Waals surface area contributed by atoms with Gasteiger partial charge in [0.2, 0.25) is 0 Å². The highest BCUT2D eigenvalue weighted by molar-refractivity contribution is 6.37. The van der Waals surface area contributed by atoms with Gasteiger partial charge in [-0.3, -0.25) is 4.99 Å². The lowest BCUT2D eigenvalue weighted by Gasteiger charge is -1.97. The molecule has 0 spiro atoms. The van der Waals surface area contributed by atoms with E-state index in [9.17, 15) is 4.79 Å². The van der Waals surface area contributed by atoms with Crippen LogP contribution in [0.2, 0.25) is 0 Å². The third-order valence-corrected chi connectivity index (χ3v) is 1.22. The summed E-state index contributed by atoms with van der Waals surface area (Å²) in [7, 11) is 0. The predicted molar refractivity (Wildman–Crippen MR) is 30.6 cm³/mol. The highest BCUT2D eigenvalue weighted by atomic mass is 16.4. The molecule has 1 atom stereocenters. The SMILES string of the molecule is O=C(O)C1=NCC[C@H]1O. The van der Waals surface area contributed by atoms with Crippen LogP contribution in [0, 0.1) is 0 Å². The molecule has 0 saturated carbocycles. The molecule has 0 radical (unpaired) electrons. The molecule has 0 unspecified atom stereocenters. The van der Waals surface area contributed by atoms with Gasteiger partial charge in [-0.05, 0) is 6.42 Å². The fourth-order valence-corrected chi connectivity index (χ4v) is 0.760. The van der Waals surface area contributed by atoms with Crippen LogP contribution in [0.1, 0.15) is 6.42 Å². The van der Waals surface area contributed by atoms with Crippen LogP contribution in [0.15, 0.2) is 4.99 Å². The lowest BCUT2D eigenvalue weighted by atomic mass is 10.2. The Labute approximate surface area is 51.8 Å². The third-order valence-electron chi connectivity index (χ3n) is 1.22. The topological polar surface area (TPSA) is 69.9 Å². The van der Waals surface area contributed by atoms with Crippen molar-refractivity contribution in [1.82, 2.24) is 0 Å². The second kappa shape index (κ2) is 2.14. The largest absolute Gasteiger partial charge is 0.477 e. The lowest BCUT2D eigenvalue weighted by Crippen LogP contribution is -2.23. The van der Waals surface area contributed by atoms with Crippen molar-refractivity contribution in [3.05, 3.63) is 0 Å². The number of rotatable bonds is 1. The molecule has 0 aromatic heterocycles. The fraction of sp³-hybridized carbons (Fsp3) is 0.600. The average molecular weight is 129 g/mol. The third kappa shape index (κ3) is 1.08. The molecule has 0 aliphatic carbocycles. The summed E-state index contributed by atoms with van der Waals surface area (Å²) in [5, 5.41) is 17.1. The van der Waals surface area contributed by atoms with Crippen LogP contribution in [0.25, 0.3) is 0 Å². The first kappa shape index (κ1) is 6.22. The van der Waals surface area contributed by atoms with Gasteiger partial charge in [-0.25, -0.2) is 4.79 Å². The number of hydrogen-bond acceptors (Lipinski definition) is 3.